The van der Waals surface area contributed by atoms with Crippen LogP contribution in [0.3, 0.4) is 0 Å². The quantitative estimate of drug-likeness (QED) is 0.693. The Morgan fingerprint density at radius 2 is 2.38 bits per heavy atom. The van der Waals surface area contributed by atoms with Crippen LogP contribution in [0.15, 0.2) is 24.5 Å². The third-order valence-corrected chi connectivity index (χ3v) is 2.21. The Labute approximate surface area is 95.7 Å². The van der Waals surface area contributed by atoms with Crippen molar-refractivity contribution in [1.29, 1.82) is 0 Å². The van der Waals surface area contributed by atoms with Crippen molar-refractivity contribution in [3.63, 3.8) is 0 Å². The van der Waals surface area contributed by atoms with Crippen molar-refractivity contribution in [2.24, 2.45) is 5.73 Å². The van der Waals surface area contributed by atoms with Gasteiger partial charge in [-0.15, -0.1) is 0 Å². The van der Waals surface area contributed by atoms with E-state index in [0.717, 1.165) is 13.1 Å². The van der Waals surface area contributed by atoms with Crippen molar-refractivity contribution >= 4 is 5.91 Å². The van der Waals surface area contributed by atoms with E-state index in [-0.39, 0.29) is 5.91 Å². The van der Waals surface area contributed by atoms with Crippen LogP contribution in [0.1, 0.15) is 10.4 Å². The number of carbonyl (C=O) groups is 1. The van der Waals surface area contributed by atoms with Crippen LogP contribution < -0.4 is 11.1 Å². The van der Waals surface area contributed by atoms with Crippen LogP contribution in [0.5, 0.6) is 0 Å². The molecule has 1 aromatic heterocycles. The van der Waals surface area contributed by atoms with Gasteiger partial charge in [0.2, 0.25) is 0 Å². The third kappa shape index (κ3) is 4.37. The minimum Gasteiger partial charge on any atom is -0.351 e. The van der Waals surface area contributed by atoms with E-state index < -0.39 is 0 Å². The van der Waals surface area contributed by atoms with Gasteiger partial charge in [-0.2, -0.15) is 0 Å². The molecule has 0 radical (unpaired) electrons. The number of carbonyl (C=O) groups excluding carboxylic acids is 1. The van der Waals surface area contributed by atoms with Crippen LogP contribution in [0, 0.1) is 0 Å². The van der Waals surface area contributed by atoms with Gasteiger partial charge in [0, 0.05) is 38.6 Å². The summed E-state index contributed by atoms with van der Waals surface area (Å²) in [6.45, 7) is 2.88. The molecule has 1 amide bonds. The number of hydrogen-bond acceptors (Lipinski definition) is 4. The lowest BCUT2D eigenvalue weighted by molar-refractivity contribution is 0.0949. The van der Waals surface area contributed by atoms with Gasteiger partial charge in [0.05, 0.1) is 5.56 Å². The molecule has 3 N–H and O–H groups in total. The van der Waals surface area contributed by atoms with E-state index in [1.165, 1.54) is 0 Å². The number of aromatic nitrogens is 1. The Morgan fingerprint density at radius 1 is 1.56 bits per heavy atom. The van der Waals surface area contributed by atoms with Crippen LogP contribution in [-0.2, 0) is 0 Å². The monoisotopic (exact) mass is 222 g/mol. The Hall–Kier alpha value is -1.46. The second-order valence-electron chi connectivity index (χ2n) is 3.59. The van der Waals surface area contributed by atoms with E-state index in [9.17, 15) is 4.79 Å². The second kappa shape index (κ2) is 6.92. The zero-order valence-corrected chi connectivity index (χ0v) is 9.52. The zero-order valence-electron chi connectivity index (χ0n) is 9.52. The van der Waals surface area contributed by atoms with Gasteiger partial charge in [-0.05, 0) is 19.2 Å². The molecule has 1 aromatic rings. The van der Waals surface area contributed by atoms with Crippen molar-refractivity contribution in [1.82, 2.24) is 15.2 Å². The molecule has 0 aliphatic carbocycles. The second-order valence-corrected chi connectivity index (χ2v) is 3.59. The number of nitrogens with one attached hydrogen (secondary N) is 1. The SMILES string of the molecule is CN(CCN)CCNC(=O)c1cccnc1. The van der Waals surface area contributed by atoms with E-state index in [1.54, 1.807) is 24.5 Å². The highest BCUT2D eigenvalue weighted by Gasteiger charge is 2.04. The van der Waals surface area contributed by atoms with Crippen molar-refractivity contribution in [2.45, 2.75) is 0 Å². The number of hydrogen-bond donors (Lipinski definition) is 2. The third-order valence-electron chi connectivity index (χ3n) is 2.21. The summed E-state index contributed by atoms with van der Waals surface area (Å²) in [5.41, 5.74) is 6.00. The summed E-state index contributed by atoms with van der Waals surface area (Å²) in [5, 5.41) is 2.83. The summed E-state index contributed by atoms with van der Waals surface area (Å²) in [4.78, 5) is 17.6. The normalized spacial score (nSPS) is 10.4. The fraction of sp³-hybridized carbons (Fsp3) is 0.455. The van der Waals surface area contributed by atoms with E-state index in [1.807, 2.05) is 7.05 Å². The Kier molecular flexibility index (Phi) is 5.45. The first-order chi connectivity index (χ1) is 7.74. The maximum atomic E-state index is 11.6. The number of nitrogens with two attached hydrogens (primary N) is 1. The van der Waals surface area contributed by atoms with Crippen LogP contribution >= 0.6 is 0 Å². The van der Waals surface area contributed by atoms with Crippen molar-refractivity contribution in [3.8, 4) is 0 Å². The first-order valence-electron chi connectivity index (χ1n) is 5.31. The molecule has 0 spiro atoms. The van der Waals surface area contributed by atoms with Crippen LogP contribution in [0.2, 0.25) is 0 Å². The minimum absolute atomic E-state index is 0.0887. The van der Waals surface area contributed by atoms with Crippen molar-refractivity contribution < 1.29 is 4.79 Å². The number of amides is 1. The van der Waals surface area contributed by atoms with Crippen molar-refractivity contribution in [2.75, 3.05) is 33.2 Å². The molecule has 1 rings (SSSR count). The standard InChI is InChI=1S/C11H18N4O/c1-15(7-4-12)8-6-14-11(16)10-3-2-5-13-9-10/h2-3,5,9H,4,6-8,12H2,1H3,(H,14,16). The molecule has 0 aliphatic heterocycles. The van der Waals surface area contributed by atoms with Gasteiger partial charge in [0.25, 0.3) is 5.91 Å². The summed E-state index contributed by atoms with van der Waals surface area (Å²) in [7, 11) is 1.98. The summed E-state index contributed by atoms with van der Waals surface area (Å²) >= 11 is 0. The average molecular weight is 222 g/mol. The van der Waals surface area contributed by atoms with Gasteiger partial charge >= 0.3 is 0 Å². The molecule has 0 unspecified atom stereocenters. The molecule has 0 aromatic carbocycles. The summed E-state index contributed by atoms with van der Waals surface area (Å²) in [6.07, 6.45) is 3.20. The lowest BCUT2D eigenvalue weighted by Gasteiger charge is -2.15. The van der Waals surface area contributed by atoms with Gasteiger partial charge < -0.3 is 16.0 Å². The van der Waals surface area contributed by atoms with Gasteiger partial charge in [0.15, 0.2) is 0 Å². The van der Waals surface area contributed by atoms with Gasteiger partial charge in [-0.1, -0.05) is 0 Å². The van der Waals surface area contributed by atoms with Gasteiger partial charge in [-0.25, -0.2) is 0 Å². The molecule has 1 heterocycles. The van der Waals surface area contributed by atoms with E-state index in [2.05, 4.69) is 15.2 Å². The number of rotatable bonds is 6. The summed E-state index contributed by atoms with van der Waals surface area (Å²) in [5.74, 6) is -0.0887. The first kappa shape index (κ1) is 12.6. The molecule has 0 saturated heterocycles. The van der Waals surface area contributed by atoms with Gasteiger partial charge in [0.1, 0.15) is 0 Å². The van der Waals surface area contributed by atoms with Gasteiger partial charge in [-0.3, -0.25) is 9.78 Å². The van der Waals surface area contributed by atoms with Crippen LogP contribution in [0.4, 0.5) is 0 Å². The Balaban J connectivity index is 2.26. The maximum absolute atomic E-state index is 11.6. The smallest absolute Gasteiger partial charge is 0.252 e. The molecule has 0 atom stereocenters. The molecule has 0 fully saturated rings. The van der Waals surface area contributed by atoms with Crippen LogP contribution in [-0.4, -0.2) is 49.0 Å². The molecule has 16 heavy (non-hydrogen) atoms. The topological polar surface area (TPSA) is 71.2 Å². The average Bonchev–Trinajstić information content (AvgIpc) is 2.30. The fourth-order valence-corrected chi connectivity index (χ4v) is 1.29. The molecule has 5 heteroatoms. The molecular formula is C11H18N4O. The molecule has 5 nitrogen and oxygen atoms in total. The fourth-order valence-electron chi connectivity index (χ4n) is 1.29. The highest BCUT2D eigenvalue weighted by Crippen LogP contribution is 1.94. The Bertz CT molecular complexity index is 315. The number of pyridine rings is 1. The lowest BCUT2D eigenvalue weighted by Crippen LogP contribution is -2.35. The summed E-state index contributed by atoms with van der Waals surface area (Å²) < 4.78 is 0. The molecule has 0 aliphatic rings. The highest BCUT2D eigenvalue weighted by molar-refractivity contribution is 5.93. The predicted octanol–water partition coefficient (Wildman–Crippen LogP) is -0.298. The first-order valence-corrected chi connectivity index (χ1v) is 5.31. The lowest BCUT2D eigenvalue weighted by atomic mass is 10.3. The summed E-state index contributed by atoms with van der Waals surface area (Å²) in [6, 6.07) is 3.49. The van der Waals surface area contributed by atoms with E-state index in [0.29, 0.717) is 18.7 Å². The molecule has 0 saturated carbocycles. The number of nitrogens with zero attached hydrogens (tertiary/aromatic N) is 2. The highest BCUT2D eigenvalue weighted by atomic mass is 16.1. The Morgan fingerprint density at radius 3 is 3.00 bits per heavy atom. The number of likely N-dealkylation sites (N-methyl/N-ethyl adjacent to an activating group) is 1. The molecular weight excluding hydrogens is 204 g/mol. The minimum atomic E-state index is -0.0887. The molecule has 0 bridgehead atoms. The van der Waals surface area contributed by atoms with E-state index >= 15 is 0 Å². The van der Waals surface area contributed by atoms with E-state index in [4.69, 9.17) is 5.73 Å². The maximum Gasteiger partial charge on any atom is 0.252 e. The van der Waals surface area contributed by atoms with Crippen molar-refractivity contribution in [3.05, 3.63) is 30.1 Å². The molecule has 88 valence electrons. The zero-order chi connectivity index (χ0) is 11.8. The largest absolute Gasteiger partial charge is 0.351 e. The van der Waals surface area contributed by atoms with Crippen LogP contribution in [0.25, 0.3) is 0 Å². The predicted molar refractivity (Wildman–Crippen MR) is 63.1 cm³/mol.